The van der Waals surface area contributed by atoms with E-state index < -0.39 is 0 Å². The Morgan fingerprint density at radius 2 is 2.06 bits per heavy atom. The highest BCUT2D eigenvalue weighted by atomic mass is 16.2. The number of nitrogens with two attached hydrogens (primary N) is 1. The predicted molar refractivity (Wildman–Crippen MR) is 66.2 cm³/mol. The largest absolute Gasteiger partial charge is 0.341 e. The van der Waals surface area contributed by atoms with Crippen LogP contribution < -0.4 is 5.73 Å². The van der Waals surface area contributed by atoms with Crippen molar-refractivity contribution in [3.8, 4) is 0 Å². The zero-order valence-corrected chi connectivity index (χ0v) is 10.8. The Balaban J connectivity index is 2.44. The lowest BCUT2D eigenvalue weighted by Crippen LogP contribution is -2.49. The Morgan fingerprint density at radius 3 is 2.56 bits per heavy atom. The first kappa shape index (κ1) is 13.5. The Hall–Kier alpha value is -0.610. The number of rotatable bonds is 4. The number of likely N-dealkylation sites (tertiary alicyclic amines) is 1. The third-order valence-corrected chi connectivity index (χ3v) is 3.50. The number of carbonyl (C=O) groups excluding carboxylic acids is 1. The molecule has 1 aliphatic rings. The van der Waals surface area contributed by atoms with E-state index in [-0.39, 0.29) is 11.9 Å². The Morgan fingerprint density at radius 1 is 1.50 bits per heavy atom. The molecule has 0 aromatic heterocycles. The maximum atomic E-state index is 12.0. The van der Waals surface area contributed by atoms with Crippen LogP contribution in [0.4, 0.5) is 0 Å². The highest BCUT2D eigenvalue weighted by molar-refractivity contribution is 5.81. The van der Waals surface area contributed by atoms with E-state index in [2.05, 4.69) is 18.9 Å². The van der Waals surface area contributed by atoms with Crippen molar-refractivity contribution in [2.75, 3.05) is 27.2 Å². The molecule has 0 aromatic carbocycles. The SMILES string of the molecule is CCC[C@H](N)C(=O)N(C)C1CCN(C)CC1. The summed E-state index contributed by atoms with van der Waals surface area (Å²) in [6, 6.07) is 0.0706. The van der Waals surface area contributed by atoms with Gasteiger partial charge in [-0.1, -0.05) is 13.3 Å². The second-order valence-electron chi connectivity index (χ2n) is 4.88. The van der Waals surface area contributed by atoms with Crippen LogP contribution in [0.2, 0.25) is 0 Å². The molecule has 1 aliphatic heterocycles. The van der Waals surface area contributed by atoms with Crippen LogP contribution >= 0.6 is 0 Å². The van der Waals surface area contributed by atoms with E-state index in [1.165, 1.54) is 0 Å². The van der Waals surface area contributed by atoms with Crippen LogP contribution in [0.3, 0.4) is 0 Å². The monoisotopic (exact) mass is 227 g/mol. The summed E-state index contributed by atoms with van der Waals surface area (Å²) in [5, 5.41) is 0. The van der Waals surface area contributed by atoms with Crippen LogP contribution in [0.1, 0.15) is 32.6 Å². The van der Waals surface area contributed by atoms with Crippen LogP contribution in [0.5, 0.6) is 0 Å². The Kier molecular flexibility index (Phi) is 5.22. The number of likely N-dealkylation sites (N-methyl/N-ethyl adjacent to an activating group) is 1. The second kappa shape index (κ2) is 6.21. The van der Waals surface area contributed by atoms with Crippen LogP contribution in [-0.2, 0) is 4.79 Å². The summed E-state index contributed by atoms with van der Waals surface area (Å²) < 4.78 is 0. The molecule has 0 bridgehead atoms. The van der Waals surface area contributed by atoms with Crippen LogP contribution in [0, 0.1) is 0 Å². The van der Waals surface area contributed by atoms with E-state index in [1.807, 2.05) is 11.9 Å². The van der Waals surface area contributed by atoms with Crippen LogP contribution in [0.15, 0.2) is 0 Å². The number of piperidine rings is 1. The Labute approximate surface area is 98.8 Å². The van der Waals surface area contributed by atoms with Crippen molar-refractivity contribution in [1.82, 2.24) is 9.80 Å². The lowest BCUT2D eigenvalue weighted by atomic mass is 10.0. The van der Waals surface area contributed by atoms with Gasteiger partial charge in [-0.05, 0) is 39.4 Å². The minimum absolute atomic E-state index is 0.108. The van der Waals surface area contributed by atoms with Gasteiger partial charge in [-0.3, -0.25) is 4.79 Å². The predicted octanol–water partition coefficient (Wildman–Crippen LogP) is 0.666. The smallest absolute Gasteiger partial charge is 0.239 e. The van der Waals surface area contributed by atoms with Crippen LogP contribution in [-0.4, -0.2) is 55.0 Å². The van der Waals surface area contributed by atoms with Crippen LogP contribution in [0.25, 0.3) is 0 Å². The quantitative estimate of drug-likeness (QED) is 0.768. The lowest BCUT2D eigenvalue weighted by Gasteiger charge is -2.36. The van der Waals surface area contributed by atoms with E-state index in [1.54, 1.807) is 0 Å². The average Bonchev–Trinajstić information content (AvgIpc) is 2.28. The summed E-state index contributed by atoms with van der Waals surface area (Å²) in [7, 11) is 4.02. The summed E-state index contributed by atoms with van der Waals surface area (Å²) >= 11 is 0. The van der Waals surface area contributed by atoms with Crippen molar-refractivity contribution in [3.63, 3.8) is 0 Å². The molecule has 1 heterocycles. The van der Waals surface area contributed by atoms with Gasteiger partial charge in [-0.2, -0.15) is 0 Å². The molecule has 1 fully saturated rings. The third-order valence-electron chi connectivity index (χ3n) is 3.50. The van der Waals surface area contributed by atoms with Gasteiger partial charge in [0.2, 0.25) is 5.91 Å². The fourth-order valence-corrected chi connectivity index (χ4v) is 2.26. The molecular formula is C12H25N3O. The number of carbonyl (C=O) groups is 1. The zero-order valence-electron chi connectivity index (χ0n) is 10.8. The van der Waals surface area contributed by atoms with Gasteiger partial charge in [0.15, 0.2) is 0 Å². The molecule has 4 heteroatoms. The molecule has 2 N–H and O–H groups in total. The van der Waals surface area contributed by atoms with Gasteiger partial charge in [0.25, 0.3) is 0 Å². The van der Waals surface area contributed by atoms with Crippen molar-refractivity contribution in [1.29, 1.82) is 0 Å². The molecule has 0 aromatic rings. The van der Waals surface area contributed by atoms with Gasteiger partial charge in [-0.25, -0.2) is 0 Å². The van der Waals surface area contributed by atoms with Gasteiger partial charge < -0.3 is 15.5 Å². The highest BCUT2D eigenvalue weighted by Crippen LogP contribution is 2.15. The van der Waals surface area contributed by atoms with Gasteiger partial charge in [0.05, 0.1) is 6.04 Å². The molecule has 16 heavy (non-hydrogen) atoms. The molecule has 0 aliphatic carbocycles. The van der Waals surface area contributed by atoms with E-state index in [9.17, 15) is 4.79 Å². The third kappa shape index (κ3) is 3.46. The van der Waals surface area contributed by atoms with Gasteiger partial charge >= 0.3 is 0 Å². The summed E-state index contributed by atoms with van der Waals surface area (Å²) in [4.78, 5) is 16.2. The fraction of sp³-hybridized carbons (Fsp3) is 0.917. The second-order valence-corrected chi connectivity index (χ2v) is 4.88. The molecule has 1 atom stereocenters. The maximum Gasteiger partial charge on any atom is 0.239 e. The van der Waals surface area contributed by atoms with Crippen molar-refractivity contribution in [2.24, 2.45) is 5.73 Å². The molecular weight excluding hydrogens is 202 g/mol. The number of hydrogen-bond acceptors (Lipinski definition) is 3. The molecule has 1 rings (SSSR count). The lowest BCUT2D eigenvalue weighted by molar-refractivity contribution is -0.134. The van der Waals surface area contributed by atoms with Crippen molar-refractivity contribution >= 4 is 5.91 Å². The summed E-state index contributed by atoms with van der Waals surface area (Å²) in [6.45, 7) is 4.21. The van der Waals surface area contributed by atoms with Gasteiger partial charge in [0, 0.05) is 13.1 Å². The minimum atomic E-state index is -0.311. The molecule has 94 valence electrons. The first-order valence-electron chi connectivity index (χ1n) is 6.27. The van der Waals surface area contributed by atoms with Crippen molar-refractivity contribution in [3.05, 3.63) is 0 Å². The minimum Gasteiger partial charge on any atom is -0.341 e. The molecule has 1 saturated heterocycles. The first-order valence-corrected chi connectivity index (χ1v) is 6.27. The van der Waals surface area contributed by atoms with Gasteiger partial charge in [0.1, 0.15) is 0 Å². The molecule has 0 radical (unpaired) electrons. The van der Waals surface area contributed by atoms with E-state index in [0.717, 1.165) is 38.8 Å². The molecule has 0 unspecified atom stereocenters. The number of hydrogen-bond donors (Lipinski definition) is 1. The summed E-state index contributed by atoms with van der Waals surface area (Å²) in [5.74, 6) is 0.108. The normalized spacial score (nSPS) is 20.8. The molecule has 1 amide bonds. The van der Waals surface area contributed by atoms with E-state index >= 15 is 0 Å². The average molecular weight is 227 g/mol. The highest BCUT2D eigenvalue weighted by Gasteiger charge is 2.26. The van der Waals surface area contributed by atoms with E-state index in [0.29, 0.717) is 6.04 Å². The molecule has 4 nitrogen and oxygen atoms in total. The Bertz CT molecular complexity index is 224. The number of nitrogens with zero attached hydrogens (tertiary/aromatic N) is 2. The summed E-state index contributed by atoms with van der Waals surface area (Å²) in [6.07, 6.45) is 3.89. The fourth-order valence-electron chi connectivity index (χ4n) is 2.26. The van der Waals surface area contributed by atoms with Crippen molar-refractivity contribution in [2.45, 2.75) is 44.7 Å². The summed E-state index contributed by atoms with van der Waals surface area (Å²) in [5.41, 5.74) is 5.86. The standard InChI is InChI=1S/C12H25N3O/c1-4-5-11(13)12(16)15(3)10-6-8-14(2)9-7-10/h10-11H,4-9,13H2,1-3H3/t11-/m0/s1. The molecule has 0 spiro atoms. The van der Waals surface area contributed by atoms with Gasteiger partial charge in [-0.15, -0.1) is 0 Å². The molecule has 0 saturated carbocycles. The topological polar surface area (TPSA) is 49.6 Å². The van der Waals surface area contributed by atoms with E-state index in [4.69, 9.17) is 5.73 Å². The first-order chi connectivity index (χ1) is 7.56. The number of amides is 1. The zero-order chi connectivity index (χ0) is 12.1. The maximum absolute atomic E-state index is 12.0. The van der Waals surface area contributed by atoms with Crippen molar-refractivity contribution < 1.29 is 4.79 Å².